The first-order valence-electron chi connectivity index (χ1n) is 7.48. The third-order valence-electron chi connectivity index (χ3n) is 3.17. The molecule has 120 valence electrons. The molecule has 0 amide bonds. The SMILES string of the molecule is COCC1CO1.COCC1CO1.c1ccc2ccccc2c1. The standard InChI is InChI=1S/C10H8.2C4H8O2/c1-2-6-10-8-4-3-7-9(10)5-1;2*1-5-2-4-3-6-4/h1-8H;2*4H,2-3H2,1H3. The van der Waals surface area contributed by atoms with Gasteiger partial charge in [0.1, 0.15) is 12.2 Å². The lowest BCUT2D eigenvalue weighted by Gasteiger charge is -1.92. The van der Waals surface area contributed by atoms with Crippen LogP contribution in [-0.4, -0.2) is 52.9 Å². The van der Waals surface area contributed by atoms with E-state index >= 15 is 0 Å². The molecule has 2 heterocycles. The summed E-state index contributed by atoms with van der Waals surface area (Å²) in [6, 6.07) is 16.7. The second kappa shape index (κ2) is 9.54. The van der Waals surface area contributed by atoms with E-state index in [0.717, 1.165) is 26.4 Å². The van der Waals surface area contributed by atoms with Crippen LogP contribution < -0.4 is 0 Å². The molecule has 22 heavy (non-hydrogen) atoms. The van der Waals surface area contributed by atoms with Crippen molar-refractivity contribution in [3.8, 4) is 0 Å². The molecule has 2 saturated heterocycles. The Morgan fingerprint density at radius 3 is 1.27 bits per heavy atom. The Bertz CT molecular complexity index is 456. The van der Waals surface area contributed by atoms with Crippen molar-refractivity contribution in [2.24, 2.45) is 0 Å². The van der Waals surface area contributed by atoms with Gasteiger partial charge in [0.2, 0.25) is 0 Å². The smallest absolute Gasteiger partial charge is 0.104 e. The molecule has 0 bridgehead atoms. The highest BCUT2D eigenvalue weighted by atomic mass is 16.6. The average Bonchev–Trinajstić information content (AvgIpc) is 3.46. The topological polar surface area (TPSA) is 43.5 Å². The number of hydrogen-bond donors (Lipinski definition) is 0. The Hall–Kier alpha value is -1.46. The summed E-state index contributed by atoms with van der Waals surface area (Å²) >= 11 is 0. The van der Waals surface area contributed by atoms with Crippen LogP contribution >= 0.6 is 0 Å². The van der Waals surface area contributed by atoms with Gasteiger partial charge in [-0.25, -0.2) is 0 Å². The zero-order chi connectivity index (χ0) is 15.6. The lowest BCUT2D eigenvalue weighted by Crippen LogP contribution is -1.94. The van der Waals surface area contributed by atoms with E-state index < -0.39 is 0 Å². The Kier molecular flexibility index (Phi) is 7.33. The van der Waals surface area contributed by atoms with E-state index in [-0.39, 0.29) is 0 Å². The van der Waals surface area contributed by atoms with Crippen LogP contribution in [0, 0.1) is 0 Å². The van der Waals surface area contributed by atoms with Crippen LogP contribution in [0.2, 0.25) is 0 Å². The van der Waals surface area contributed by atoms with Crippen LogP contribution in [0.3, 0.4) is 0 Å². The van der Waals surface area contributed by atoms with Crippen molar-refractivity contribution in [2.75, 3.05) is 40.6 Å². The van der Waals surface area contributed by atoms with Crippen LogP contribution in [0.4, 0.5) is 0 Å². The van der Waals surface area contributed by atoms with Gasteiger partial charge in [0, 0.05) is 14.2 Å². The monoisotopic (exact) mass is 304 g/mol. The number of epoxide rings is 2. The third kappa shape index (κ3) is 7.00. The third-order valence-corrected chi connectivity index (χ3v) is 3.17. The molecule has 0 spiro atoms. The minimum atomic E-state index is 0.426. The summed E-state index contributed by atoms with van der Waals surface area (Å²) in [7, 11) is 3.36. The zero-order valence-corrected chi connectivity index (χ0v) is 13.2. The average molecular weight is 304 g/mol. The van der Waals surface area contributed by atoms with Crippen LogP contribution in [0.5, 0.6) is 0 Å². The number of ether oxygens (including phenoxy) is 4. The summed E-state index contributed by atoms with van der Waals surface area (Å²) in [5.41, 5.74) is 0. The highest BCUT2D eigenvalue weighted by molar-refractivity contribution is 5.81. The molecular formula is C18H24O4. The Morgan fingerprint density at radius 2 is 1.09 bits per heavy atom. The second-order valence-electron chi connectivity index (χ2n) is 5.17. The predicted octanol–water partition coefficient (Wildman–Crippen LogP) is 2.90. The predicted molar refractivity (Wildman–Crippen MR) is 87.2 cm³/mol. The van der Waals surface area contributed by atoms with Crippen molar-refractivity contribution in [3.05, 3.63) is 48.5 Å². The van der Waals surface area contributed by atoms with Gasteiger partial charge in [-0.15, -0.1) is 0 Å². The van der Waals surface area contributed by atoms with Crippen LogP contribution in [0.25, 0.3) is 10.8 Å². The molecule has 0 saturated carbocycles. The van der Waals surface area contributed by atoms with Crippen molar-refractivity contribution in [1.29, 1.82) is 0 Å². The largest absolute Gasteiger partial charge is 0.382 e. The molecule has 2 unspecified atom stereocenters. The first kappa shape index (κ1) is 16.9. The van der Waals surface area contributed by atoms with Gasteiger partial charge in [-0.2, -0.15) is 0 Å². The fourth-order valence-corrected chi connectivity index (χ4v) is 1.83. The number of methoxy groups -OCH3 is 2. The molecule has 0 radical (unpaired) electrons. The highest BCUT2D eigenvalue weighted by Crippen LogP contribution is 2.11. The normalized spacial score (nSPS) is 21.2. The summed E-state index contributed by atoms with van der Waals surface area (Å²) in [6.45, 7) is 3.32. The summed E-state index contributed by atoms with van der Waals surface area (Å²) in [5, 5.41) is 2.62. The Labute approximate surface area is 131 Å². The highest BCUT2D eigenvalue weighted by Gasteiger charge is 2.21. The van der Waals surface area contributed by atoms with E-state index in [9.17, 15) is 0 Å². The van der Waals surface area contributed by atoms with E-state index in [2.05, 4.69) is 48.5 Å². The maximum atomic E-state index is 4.82. The van der Waals surface area contributed by atoms with Crippen LogP contribution in [0.1, 0.15) is 0 Å². The summed E-state index contributed by atoms with van der Waals surface area (Å²) in [6.07, 6.45) is 0.852. The van der Waals surface area contributed by atoms with Gasteiger partial charge in [0.25, 0.3) is 0 Å². The summed E-state index contributed by atoms with van der Waals surface area (Å²) < 4.78 is 19.1. The molecule has 2 atom stereocenters. The lowest BCUT2D eigenvalue weighted by molar-refractivity contribution is 0.171. The van der Waals surface area contributed by atoms with Crippen molar-refractivity contribution in [2.45, 2.75) is 12.2 Å². The van der Waals surface area contributed by atoms with Gasteiger partial charge in [0.15, 0.2) is 0 Å². The van der Waals surface area contributed by atoms with Gasteiger partial charge in [-0.1, -0.05) is 48.5 Å². The Morgan fingerprint density at radius 1 is 0.773 bits per heavy atom. The van der Waals surface area contributed by atoms with Gasteiger partial charge < -0.3 is 18.9 Å². The van der Waals surface area contributed by atoms with Crippen molar-refractivity contribution >= 4 is 10.8 Å². The maximum absolute atomic E-state index is 4.82. The molecule has 2 aliphatic rings. The minimum absolute atomic E-state index is 0.426. The first-order valence-corrected chi connectivity index (χ1v) is 7.48. The summed E-state index contributed by atoms with van der Waals surface area (Å²) in [5.74, 6) is 0. The fourth-order valence-electron chi connectivity index (χ4n) is 1.83. The number of fused-ring (bicyclic) bond motifs is 1. The molecule has 4 rings (SSSR count). The van der Waals surface area contributed by atoms with Crippen molar-refractivity contribution < 1.29 is 18.9 Å². The van der Waals surface area contributed by atoms with Gasteiger partial charge >= 0.3 is 0 Å². The molecule has 0 N–H and O–H groups in total. The van der Waals surface area contributed by atoms with E-state index in [1.807, 2.05) is 0 Å². The number of rotatable bonds is 4. The van der Waals surface area contributed by atoms with E-state index in [1.165, 1.54) is 10.8 Å². The summed E-state index contributed by atoms with van der Waals surface area (Å²) in [4.78, 5) is 0. The molecule has 0 aliphatic carbocycles. The fraction of sp³-hybridized carbons (Fsp3) is 0.444. The van der Waals surface area contributed by atoms with Crippen LogP contribution in [0.15, 0.2) is 48.5 Å². The molecule has 4 nitrogen and oxygen atoms in total. The molecule has 0 aromatic heterocycles. The van der Waals surface area contributed by atoms with Gasteiger partial charge in [-0.05, 0) is 10.8 Å². The number of benzene rings is 2. The maximum Gasteiger partial charge on any atom is 0.104 e. The van der Waals surface area contributed by atoms with Gasteiger partial charge in [0.05, 0.1) is 26.4 Å². The molecule has 2 aromatic rings. The van der Waals surface area contributed by atoms with Crippen LogP contribution in [-0.2, 0) is 18.9 Å². The second-order valence-corrected chi connectivity index (χ2v) is 5.17. The Balaban J connectivity index is 0.000000128. The molecule has 4 heteroatoms. The van der Waals surface area contributed by atoms with E-state index in [4.69, 9.17) is 18.9 Å². The van der Waals surface area contributed by atoms with E-state index in [0.29, 0.717) is 12.2 Å². The van der Waals surface area contributed by atoms with Crippen molar-refractivity contribution in [3.63, 3.8) is 0 Å². The van der Waals surface area contributed by atoms with Gasteiger partial charge in [-0.3, -0.25) is 0 Å². The zero-order valence-electron chi connectivity index (χ0n) is 13.2. The molecule has 2 aromatic carbocycles. The number of hydrogen-bond acceptors (Lipinski definition) is 4. The quantitative estimate of drug-likeness (QED) is 0.815. The van der Waals surface area contributed by atoms with Crippen molar-refractivity contribution in [1.82, 2.24) is 0 Å². The minimum Gasteiger partial charge on any atom is -0.382 e. The molecule has 2 aliphatic heterocycles. The lowest BCUT2D eigenvalue weighted by atomic mass is 10.1. The first-order chi connectivity index (χ1) is 10.8. The molecule has 2 fully saturated rings. The van der Waals surface area contributed by atoms with E-state index in [1.54, 1.807) is 14.2 Å². The molecular weight excluding hydrogens is 280 g/mol.